The minimum Gasteiger partial charge on any atom is -0.477 e. The fourth-order valence-corrected chi connectivity index (χ4v) is 3.44. The summed E-state index contributed by atoms with van der Waals surface area (Å²) >= 11 is 0. The molecule has 2 atom stereocenters. The van der Waals surface area contributed by atoms with Crippen molar-refractivity contribution in [2.45, 2.75) is 38.0 Å². The second kappa shape index (κ2) is 6.13. The molecular weight excluding hydrogens is 272 g/mol. The number of hydrogen-bond donors (Lipinski definition) is 3. The number of carbonyl (C=O) groups is 1. The Kier molecular flexibility index (Phi) is 4.23. The van der Waals surface area contributed by atoms with Crippen molar-refractivity contribution < 1.29 is 15.0 Å². The highest BCUT2D eigenvalue weighted by atomic mass is 16.4. The van der Waals surface area contributed by atoms with Crippen LogP contribution in [-0.4, -0.2) is 74.5 Å². The van der Waals surface area contributed by atoms with Gasteiger partial charge in [-0.05, 0) is 25.9 Å². The summed E-state index contributed by atoms with van der Waals surface area (Å²) < 4.78 is 0. The number of likely N-dealkylation sites (tertiary alicyclic amines) is 2. The van der Waals surface area contributed by atoms with E-state index >= 15 is 0 Å². The Labute approximate surface area is 123 Å². The molecule has 21 heavy (non-hydrogen) atoms. The Morgan fingerprint density at radius 1 is 1.33 bits per heavy atom. The van der Waals surface area contributed by atoms with Crippen molar-refractivity contribution in [3.8, 4) is 0 Å². The number of H-pyrrole nitrogens is 1. The van der Waals surface area contributed by atoms with Gasteiger partial charge in [-0.3, -0.25) is 14.9 Å². The summed E-state index contributed by atoms with van der Waals surface area (Å²) in [6.45, 7) is 4.00. The first-order chi connectivity index (χ1) is 10.1. The molecule has 2 aliphatic rings. The van der Waals surface area contributed by atoms with E-state index in [0.29, 0.717) is 18.7 Å². The van der Waals surface area contributed by atoms with Crippen LogP contribution in [0.5, 0.6) is 0 Å². The monoisotopic (exact) mass is 294 g/mol. The number of rotatable bonds is 4. The fourth-order valence-electron chi connectivity index (χ4n) is 3.44. The molecule has 3 heterocycles. The molecule has 7 nitrogen and oxygen atoms in total. The van der Waals surface area contributed by atoms with Gasteiger partial charge in [0.2, 0.25) is 0 Å². The molecule has 0 saturated carbocycles. The molecule has 0 unspecified atom stereocenters. The Morgan fingerprint density at radius 2 is 2.10 bits per heavy atom. The summed E-state index contributed by atoms with van der Waals surface area (Å²) in [5.74, 6) is -0.991. The lowest BCUT2D eigenvalue weighted by atomic mass is 10.1. The summed E-state index contributed by atoms with van der Waals surface area (Å²) in [7, 11) is 0. The van der Waals surface area contributed by atoms with Crippen molar-refractivity contribution in [2.75, 3.05) is 26.2 Å². The van der Waals surface area contributed by atoms with Gasteiger partial charge in [0, 0.05) is 31.2 Å². The number of nitrogens with zero attached hydrogens (tertiary/aromatic N) is 3. The number of aliphatic hydroxyl groups is 1. The van der Waals surface area contributed by atoms with Crippen LogP contribution in [0.1, 0.15) is 35.3 Å². The van der Waals surface area contributed by atoms with Gasteiger partial charge in [-0.25, -0.2) is 4.79 Å². The van der Waals surface area contributed by atoms with E-state index in [1.54, 1.807) is 6.20 Å². The molecule has 3 N–H and O–H groups in total. The van der Waals surface area contributed by atoms with E-state index in [-0.39, 0.29) is 17.8 Å². The third-order valence-corrected chi connectivity index (χ3v) is 4.52. The quantitative estimate of drug-likeness (QED) is 0.731. The topological polar surface area (TPSA) is 92.7 Å². The van der Waals surface area contributed by atoms with E-state index in [4.69, 9.17) is 5.11 Å². The summed E-state index contributed by atoms with van der Waals surface area (Å²) in [6, 6.07) is 0.172. The zero-order valence-electron chi connectivity index (χ0n) is 12.0. The van der Waals surface area contributed by atoms with Crippen LogP contribution in [0.25, 0.3) is 0 Å². The lowest BCUT2D eigenvalue weighted by molar-refractivity contribution is 0.0688. The van der Waals surface area contributed by atoms with Crippen LogP contribution in [0.2, 0.25) is 0 Å². The normalized spacial score (nSPS) is 28.0. The molecule has 0 bridgehead atoms. The number of aromatic nitrogens is 2. The lowest BCUT2D eigenvalue weighted by Crippen LogP contribution is -2.45. The number of β-amino-alcohol motifs (C(OH)–C–C–N with tert-alkyl or cyclic N) is 1. The lowest BCUT2D eigenvalue weighted by Gasteiger charge is -2.33. The number of aliphatic hydroxyl groups excluding tert-OH is 1. The maximum atomic E-state index is 11.1. The second-order valence-corrected chi connectivity index (χ2v) is 6.00. The number of aromatic amines is 1. The second-order valence-electron chi connectivity index (χ2n) is 6.00. The van der Waals surface area contributed by atoms with E-state index < -0.39 is 5.97 Å². The fraction of sp³-hybridized carbons (Fsp3) is 0.714. The Balaban J connectivity index is 1.63. The third-order valence-electron chi connectivity index (χ3n) is 4.52. The van der Waals surface area contributed by atoms with Crippen LogP contribution < -0.4 is 0 Å². The molecule has 2 saturated heterocycles. The third kappa shape index (κ3) is 3.09. The Hall–Kier alpha value is -1.44. The van der Waals surface area contributed by atoms with Gasteiger partial charge in [0.05, 0.1) is 12.3 Å². The van der Waals surface area contributed by atoms with Gasteiger partial charge in [0.15, 0.2) is 0 Å². The van der Waals surface area contributed by atoms with Crippen molar-refractivity contribution in [3.05, 3.63) is 17.5 Å². The van der Waals surface area contributed by atoms with Gasteiger partial charge < -0.3 is 10.2 Å². The number of hydrogen-bond acceptors (Lipinski definition) is 5. The molecule has 7 heteroatoms. The molecule has 2 aliphatic heterocycles. The van der Waals surface area contributed by atoms with Crippen molar-refractivity contribution in [3.63, 3.8) is 0 Å². The number of carboxylic acids is 1. The highest BCUT2D eigenvalue weighted by molar-refractivity contribution is 5.86. The van der Waals surface area contributed by atoms with Gasteiger partial charge in [-0.2, -0.15) is 5.10 Å². The van der Waals surface area contributed by atoms with E-state index in [2.05, 4.69) is 20.0 Å². The number of aromatic carboxylic acids is 1. The maximum Gasteiger partial charge on any atom is 0.354 e. The zero-order valence-corrected chi connectivity index (χ0v) is 12.0. The largest absolute Gasteiger partial charge is 0.477 e. The van der Waals surface area contributed by atoms with Crippen molar-refractivity contribution >= 4 is 5.97 Å². The Morgan fingerprint density at radius 3 is 2.81 bits per heavy atom. The van der Waals surface area contributed by atoms with Crippen LogP contribution >= 0.6 is 0 Å². The predicted molar refractivity (Wildman–Crippen MR) is 76.0 cm³/mol. The molecule has 0 radical (unpaired) electrons. The molecule has 3 rings (SSSR count). The van der Waals surface area contributed by atoms with E-state index in [1.807, 2.05) is 0 Å². The summed E-state index contributed by atoms with van der Waals surface area (Å²) in [4.78, 5) is 15.6. The first-order valence-electron chi connectivity index (χ1n) is 7.55. The van der Waals surface area contributed by atoms with Gasteiger partial charge in [-0.1, -0.05) is 6.42 Å². The standard InChI is InChI=1S/C14H22N4O3/c19-12-9-17(7-10-6-15-16-13(10)14(20)21)8-11(12)18-4-2-1-3-5-18/h6,11-12,19H,1-5,7-9H2,(H,15,16)(H,20,21)/t11-,12-/m0/s1. The van der Waals surface area contributed by atoms with Crippen LogP contribution in [0, 0.1) is 0 Å². The molecule has 0 aliphatic carbocycles. The smallest absolute Gasteiger partial charge is 0.354 e. The van der Waals surface area contributed by atoms with Gasteiger partial charge in [0.25, 0.3) is 0 Å². The van der Waals surface area contributed by atoms with Gasteiger partial charge >= 0.3 is 5.97 Å². The average Bonchev–Trinajstić information content (AvgIpc) is 3.07. The average molecular weight is 294 g/mol. The van der Waals surface area contributed by atoms with E-state index in [0.717, 1.165) is 19.6 Å². The minimum absolute atomic E-state index is 0.144. The SMILES string of the molecule is O=C(O)c1[nH]ncc1CN1C[C@H](O)[C@@H](N2CCCCC2)C1. The van der Waals surface area contributed by atoms with Crippen molar-refractivity contribution in [1.82, 2.24) is 20.0 Å². The zero-order chi connectivity index (χ0) is 14.8. The van der Waals surface area contributed by atoms with Crippen molar-refractivity contribution in [1.29, 1.82) is 0 Å². The van der Waals surface area contributed by atoms with E-state index in [1.165, 1.54) is 19.3 Å². The van der Waals surface area contributed by atoms with Crippen LogP contribution in [0.4, 0.5) is 0 Å². The summed E-state index contributed by atoms with van der Waals surface area (Å²) in [5.41, 5.74) is 0.819. The molecule has 116 valence electrons. The molecule has 1 aromatic heterocycles. The molecule has 0 aromatic carbocycles. The number of carboxylic acid groups (broad SMARTS) is 1. The van der Waals surface area contributed by atoms with Crippen LogP contribution in [0.3, 0.4) is 0 Å². The molecule has 0 amide bonds. The van der Waals surface area contributed by atoms with Crippen LogP contribution in [-0.2, 0) is 6.54 Å². The molecular formula is C14H22N4O3. The highest BCUT2D eigenvalue weighted by Gasteiger charge is 2.36. The molecule has 1 aromatic rings. The summed E-state index contributed by atoms with van der Waals surface area (Å²) in [6.07, 6.45) is 4.88. The number of nitrogens with one attached hydrogen (secondary N) is 1. The number of piperidine rings is 1. The summed E-state index contributed by atoms with van der Waals surface area (Å²) in [5, 5.41) is 25.7. The maximum absolute atomic E-state index is 11.1. The first-order valence-corrected chi connectivity index (χ1v) is 7.55. The predicted octanol–water partition coefficient (Wildman–Crippen LogP) is 0.139. The van der Waals surface area contributed by atoms with Crippen LogP contribution in [0.15, 0.2) is 6.20 Å². The minimum atomic E-state index is -0.991. The van der Waals surface area contributed by atoms with Gasteiger partial charge in [0.1, 0.15) is 5.69 Å². The first kappa shape index (κ1) is 14.5. The highest BCUT2D eigenvalue weighted by Crippen LogP contribution is 2.22. The molecule has 2 fully saturated rings. The molecule has 0 spiro atoms. The Bertz CT molecular complexity index is 498. The van der Waals surface area contributed by atoms with Gasteiger partial charge in [-0.15, -0.1) is 0 Å². The van der Waals surface area contributed by atoms with E-state index in [9.17, 15) is 9.90 Å². The van der Waals surface area contributed by atoms with Crippen molar-refractivity contribution in [2.24, 2.45) is 0 Å².